The number of rotatable bonds is 7. The van der Waals surface area contributed by atoms with Crippen LogP contribution in [-0.2, 0) is 9.59 Å². The van der Waals surface area contributed by atoms with Gasteiger partial charge in [-0.05, 0) is 36.5 Å². The average Bonchev–Trinajstić information content (AvgIpc) is 3.36. The highest BCUT2D eigenvalue weighted by Gasteiger charge is 2.18. The molecule has 7 nitrogen and oxygen atoms in total. The van der Waals surface area contributed by atoms with Crippen LogP contribution < -0.4 is 5.32 Å². The van der Waals surface area contributed by atoms with E-state index in [0.717, 1.165) is 31.6 Å². The fourth-order valence-electron chi connectivity index (χ4n) is 2.95. The number of hydrogen-bond acceptors (Lipinski definition) is 5. The minimum Gasteiger partial charge on any atom is -0.346 e. The molecule has 3 rings (SSSR count). The predicted octanol–water partition coefficient (Wildman–Crippen LogP) is 2.22. The molecule has 1 fully saturated rings. The van der Waals surface area contributed by atoms with Crippen LogP contribution in [0.3, 0.4) is 0 Å². The molecule has 0 saturated carbocycles. The first-order valence-electron chi connectivity index (χ1n) is 9.22. The molecule has 1 aliphatic rings. The van der Waals surface area contributed by atoms with Crippen LogP contribution in [0.25, 0.3) is 5.69 Å². The summed E-state index contributed by atoms with van der Waals surface area (Å²) in [5, 5.41) is 11.4. The lowest BCUT2D eigenvalue weighted by atomic mass is 10.0. The Hall–Kier alpha value is -2.35. The standard InChI is InChI=1S/C19H25N5O2S/c1-14(2)15-5-7-16(8-6-15)24-13-21-22-19(24)27-12-17(25)20-11-18(26)23-9-3-4-10-23/h5-8,13-14H,3-4,9-12H2,1-2H3,(H,20,25). The molecule has 1 aromatic heterocycles. The Morgan fingerprint density at radius 1 is 1.19 bits per heavy atom. The van der Waals surface area contributed by atoms with Gasteiger partial charge in [-0.3, -0.25) is 14.2 Å². The van der Waals surface area contributed by atoms with Crippen molar-refractivity contribution >= 4 is 23.6 Å². The zero-order valence-corrected chi connectivity index (χ0v) is 16.5. The summed E-state index contributed by atoms with van der Waals surface area (Å²) in [6.07, 6.45) is 3.73. The number of nitrogens with one attached hydrogen (secondary N) is 1. The first-order valence-corrected chi connectivity index (χ1v) is 10.2. The summed E-state index contributed by atoms with van der Waals surface area (Å²) in [5.74, 6) is 0.466. The van der Waals surface area contributed by atoms with E-state index in [1.165, 1.54) is 17.3 Å². The Kier molecular flexibility index (Phi) is 6.49. The van der Waals surface area contributed by atoms with E-state index < -0.39 is 0 Å². The van der Waals surface area contributed by atoms with Gasteiger partial charge in [-0.1, -0.05) is 37.7 Å². The Morgan fingerprint density at radius 2 is 1.89 bits per heavy atom. The van der Waals surface area contributed by atoms with Gasteiger partial charge in [0, 0.05) is 18.8 Å². The Balaban J connectivity index is 1.52. The molecule has 1 N–H and O–H groups in total. The molecule has 2 amide bonds. The minimum absolute atomic E-state index is 0.0146. The second-order valence-corrected chi connectivity index (χ2v) is 7.83. The quantitative estimate of drug-likeness (QED) is 0.737. The van der Waals surface area contributed by atoms with Crippen LogP contribution >= 0.6 is 11.8 Å². The van der Waals surface area contributed by atoms with Crippen molar-refractivity contribution in [1.82, 2.24) is 25.0 Å². The normalized spacial score (nSPS) is 14.0. The first kappa shape index (κ1) is 19.4. The molecule has 2 aromatic rings. The van der Waals surface area contributed by atoms with Crippen LogP contribution in [-0.4, -0.2) is 56.9 Å². The Morgan fingerprint density at radius 3 is 2.56 bits per heavy atom. The maximum atomic E-state index is 12.1. The van der Waals surface area contributed by atoms with Gasteiger partial charge in [-0.2, -0.15) is 0 Å². The van der Waals surface area contributed by atoms with E-state index in [1.807, 2.05) is 16.7 Å². The number of likely N-dealkylation sites (tertiary alicyclic amines) is 1. The molecule has 1 saturated heterocycles. The summed E-state index contributed by atoms with van der Waals surface area (Å²) >= 11 is 1.30. The highest BCUT2D eigenvalue weighted by molar-refractivity contribution is 7.99. The summed E-state index contributed by atoms with van der Waals surface area (Å²) in [7, 11) is 0. The van der Waals surface area contributed by atoms with E-state index in [-0.39, 0.29) is 24.1 Å². The number of aromatic nitrogens is 3. The minimum atomic E-state index is -0.183. The summed E-state index contributed by atoms with van der Waals surface area (Å²) in [6, 6.07) is 8.23. The number of hydrogen-bond donors (Lipinski definition) is 1. The van der Waals surface area contributed by atoms with Crippen molar-refractivity contribution in [2.75, 3.05) is 25.4 Å². The SMILES string of the molecule is CC(C)c1ccc(-n2cnnc2SCC(=O)NCC(=O)N2CCCC2)cc1. The topological polar surface area (TPSA) is 80.1 Å². The van der Waals surface area contributed by atoms with E-state index in [1.54, 1.807) is 11.2 Å². The fraction of sp³-hybridized carbons (Fsp3) is 0.474. The lowest BCUT2D eigenvalue weighted by Gasteiger charge is -2.15. The zero-order chi connectivity index (χ0) is 19.2. The predicted molar refractivity (Wildman–Crippen MR) is 105 cm³/mol. The van der Waals surface area contributed by atoms with Crippen molar-refractivity contribution in [2.24, 2.45) is 0 Å². The van der Waals surface area contributed by atoms with Gasteiger partial charge >= 0.3 is 0 Å². The highest BCUT2D eigenvalue weighted by Crippen LogP contribution is 2.21. The molecule has 0 atom stereocenters. The van der Waals surface area contributed by atoms with Crippen molar-refractivity contribution in [2.45, 2.75) is 37.8 Å². The number of benzene rings is 1. The van der Waals surface area contributed by atoms with Crippen LogP contribution in [0.15, 0.2) is 35.7 Å². The smallest absolute Gasteiger partial charge is 0.241 e. The Bertz CT molecular complexity index is 782. The molecule has 2 heterocycles. The lowest BCUT2D eigenvalue weighted by Crippen LogP contribution is -2.39. The fourth-order valence-corrected chi connectivity index (χ4v) is 3.71. The van der Waals surface area contributed by atoms with Gasteiger partial charge in [0.2, 0.25) is 11.8 Å². The maximum absolute atomic E-state index is 12.1. The molecule has 0 aliphatic carbocycles. The highest BCUT2D eigenvalue weighted by atomic mass is 32.2. The largest absolute Gasteiger partial charge is 0.346 e. The van der Waals surface area contributed by atoms with Crippen LogP contribution in [0.4, 0.5) is 0 Å². The van der Waals surface area contributed by atoms with E-state index in [9.17, 15) is 9.59 Å². The molecule has 0 bridgehead atoms. The second-order valence-electron chi connectivity index (χ2n) is 6.88. The van der Waals surface area contributed by atoms with E-state index >= 15 is 0 Å². The van der Waals surface area contributed by atoms with Crippen molar-refractivity contribution in [3.63, 3.8) is 0 Å². The lowest BCUT2D eigenvalue weighted by molar-refractivity contribution is -0.131. The first-order chi connectivity index (χ1) is 13.0. The molecule has 1 aromatic carbocycles. The van der Waals surface area contributed by atoms with Crippen molar-refractivity contribution < 1.29 is 9.59 Å². The van der Waals surface area contributed by atoms with Gasteiger partial charge in [0.25, 0.3) is 0 Å². The molecule has 0 radical (unpaired) electrons. The zero-order valence-electron chi connectivity index (χ0n) is 15.7. The number of amides is 2. The monoisotopic (exact) mass is 387 g/mol. The third-order valence-electron chi connectivity index (χ3n) is 4.58. The third kappa shape index (κ3) is 5.09. The van der Waals surface area contributed by atoms with Gasteiger partial charge in [0.05, 0.1) is 12.3 Å². The molecule has 0 unspecified atom stereocenters. The van der Waals surface area contributed by atoms with Gasteiger partial charge in [0.1, 0.15) is 6.33 Å². The van der Waals surface area contributed by atoms with Gasteiger partial charge < -0.3 is 10.2 Å². The molecule has 8 heteroatoms. The van der Waals surface area contributed by atoms with E-state index in [2.05, 4.69) is 41.5 Å². The molecule has 1 aliphatic heterocycles. The number of carbonyl (C=O) groups excluding carboxylic acids is 2. The number of thioether (sulfide) groups is 1. The van der Waals surface area contributed by atoms with Gasteiger partial charge in [-0.25, -0.2) is 0 Å². The maximum Gasteiger partial charge on any atom is 0.241 e. The van der Waals surface area contributed by atoms with Crippen LogP contribution in [0.1, 0.15) is 38.2 Å². The van der Waals surface area contributed by atoms with Crippen LogP contribution in [0, 0.1) is 0 Å². The van der Waals surface area contributed by atoms with Crippen LogP contribution in [0.5, 0.6) is 0 Å². The van der Waals surface area contributed by atoms with Gasteiger partial charge in [-0.15, -0.1) is 10.2 Å². The van der Waals surface area contributed by atoms with E-state index in [4.69, 9.17) is 0 Å². The molecule has 0 spiro atoms. The van der Waals surface area contributed by atoms with Crippen molar-refractivity contribution in [3.05, 3.63) is 36.2 Å². The average molecular weight is 388 g/mol. The molecular weight excluding hydrogens is 362 g/mol. The third-order valence-corrected chi connectivity index (χ3v) is 5.53. The molecule has 27 heavy (non-hydrogen) atoms. The summed E-state index contributed by atoms with van der Waals surface area (Å²) < 4.78 is 1.86. The van der Waals surface area contributed by atoms with Gasteiger partial charge in [0.15, 0.2) is 5.16 Å². The number of carbonyl (C=O) groups is 2. The van der Waals surface area contributed by atoms with Crippen LogP contribution in [0.2, 0.25) is 0 Å². The van der Waals surface area contributed by atoms with E-state index in [0.29, 0.717) is 11.1 Å². The molecular formula is C19H25N5O2S. The summed E-state index contributed by atoms with van der Waals surface area (Å²) in [6.45, 7) is 5.96. The van der Waals surface area contributed by atoms with Crippen molar-refractivity contribution in [3.8, 4) is 5.69 Å². The van der Waals surface area contributed by atoms with Crippen molar-refractivity contribution in [1.29, 1.82) is 0 Å². The molecule has 144 valence electrons. The second kappa shape index (κ2) is 9.03. The Labute approximate surface area is 163 Å². The summed E-state index contributed by atoms with van der Waals surface area (Å²) in [4.78, 5) is 25.8. The number of nitrogens with zero attached hydrogens (tertiary/aromatic N) is 4. The summed E-state index contributed by atoms with van der Waals surface area (Å²) in [5.41, 5.74) is 2.22.